The molecule has 0 N–H and O–H groups in total. The van der Waals surface area contributed by atoms with Gasteiger partial charge in [-0.3, -0.25) is 0 Å². The van der Waals surface area contributed by atoms with Crippen LogP contribution in [0, 0.1) is 0 Å². The Morgan fingerprint density at radius 1 is 0.640 bits per heavy atom. The third kappa shape index (κ3) is 11.8. The Bertz CT molecular complexity index is 530. The van der Waals surface area contributed by atoms with E-state index in [1.165, 1.54) is 0 Å². The second kappa shape index (κ2) is 11.4. The highest BCUT2D eigenvalue weighted by Crippen LogP contribution is 2.27. The topological polar surface area (TPSA) is 107 Å². The maximum absolute atomic E-state index is 10.4. The number of carbonyl (C=O) groups excluding carboxylic acids is 3. The van der Waals surface area contributed by atoms with Crippen molar-refractivity contribution in [3.05, 3.63) is 0 Å². The van der Waals surface area contributed by atoms with Crippen molar-refractivity contribution in [1.82, 2.24) is 0 Å². The van der Waals surface area contributed by atoms with Crippen LogP contribution < -0.4 is 0 Å². The zero-order valence-electron chi connectivity index (χ0n) is 15.6. The Balaban J connectivity index is 5.16. The van der Waals surface area contributed by atoms with Gasteiger partial charge in [0.1, 0.15) is 0 Å². The summed E-state index contributed by atoms with van der Waals surface area (Å²) in [6, 6.07) is 1.91. The molecule has 0 aromatic rings. The lowest BCUT2D eigenvalue weighted by atomic mass is 10.8. The molecule has 25 heavy (non-hydrogen) atoms. The first-order valence-corrected chi connectivity index (χ1v) is 16.9. The highest BCUT2D eigenvalue weighted by molar-refractivity contribution is 6.88. The van der Waals surface area contributed by atoms with Crippen molar-refractivity contribution in [2.45, 2.75) is 50.9 Å². The van der Waals surface area contributed by atoms with Gasteiger partial charge in [0.15, 0.2) is 16.6 Å². The normalized spacial score (nSPS) is 13.8. The molecular formula is C14H27N3O5Si3. The van der Waals surface area contributed by atoms with Crippen molar-refractivity contribution in [3.63, 3.8) is 0 Å². The summed E-state index contributed by atoms with van der Waals surface area (Å²) in [6.07, 6.45) is 4.62. The van der Waals surface area contributed by atoms with Gasteiger partial charge in [-0.15, -0.1) is 0 Å². The molecule has 0 aliphatic rings. The summed E-state index contributed by atoms with van der Waals surface area (Å²) in [5.41, 5.74) is 0. The summed E-state index contributed by atoms with van der Waals surface area (Å²) in [7, 11) is -6.83. The number of rotatable bonds is 13. The van der Waals surface area contributed by atoms with E-state index in [1.54, 1.807) is 18.2 Å². The fourth-order valence-electron chi connectivity index (χ4n) is 2.44. The predicted octanol–water partition coefficient (Wildman–Crippen LogP) is 2.51. The van der Waals surface area contributed by atoms with Crippen molar-refractivity contribution >= 4 is 43.4 Å². The van der Waals surface area contributed by atoms with Crippen LogP contribution in [0.15, 0.2) is 15.0 Å². The number of isocyanates is 3. The van der Waals surface area contributed by atoms with Crippen molar-refractivity contribution < 1.29 is 22.6 Å². The summed E-state index contributed by atoms with van der Waals surface area (Å²) in [6.45, 7) is 11.3. The van der Waals surface area contributed by atoms with Gasteiger partial charge in [-0.1, -0.05) is 0 Å². The van der Waals surface area contributed by atoms with E-state index in [4.69, 9.17) is 8.23 Å². The first-order valence-electron chi connectivity index (χ1n) is 8.11. The van der Waals surface area contributed by atoms with Crippen molar-refractivity contribution in [1.29, 1.82) is 0 Å². The minimum absolute atomic E-state index is 0.306. The van der Waals surface area contributed by atoms with Crippen molar-refractivity contribution in [2.24, 2.45) is 15.0 Å². The molecule has 0 atom stereocenters. The molecule has 11 heteroatoms. The third-order valence-corrected chi connectivity index (χ3v) is 15.4. The zero-order valence-corrected chi connectivity index (χ0v) is 18.6. The molecule has 0 saturated carbocycles. The maximum atomic E-state index is 10.4. The second-order valence-electron chi connectivity index (χ2n) is 7.03. The van der Waals surface area contributed by atoms with Crippen molar-refractivity contribution in [3.8, 4) is 0 Å². The minimum atomic E-state index is -2.61. The van der Waals surface area contributed by atoms with Gasteiger partial charge in [0.2, 0.25) is 18.2 Å². The predicted molar refractivity (Wildman–Crippen MR) is 102 cm³/mol. The van der Waals surface area contributed by atoms with Crippen LogP contribution in [0.1, 0.15) is 0 Å². The fourth-order valence-corrected chi connectivity index (χ4v) is 15.8. The Morgan fingerprint density at radius 3 is 1.28 bits per heavy atom. The van der Waals surface area contributed by atoms with E-state index in [0.717, 1.165) is 0 Å². The van der Waals surface area contributed by atoms with Gasteiger partial charge < -0.3 is 8.23 Å². The van der Waals surface area contributed by atoms with Gasteiger partial charge in [0, 0.05) is 6.04 Å². The van der Waals surface area contributed by atoms with E-state index in [0.29, 0.717) is 37.8 Å². The molecule has 0 aromatic heterocycles. The molecule has 0 rings (SSSR count). The Labute approximate surface area is 152 Å². The summed E-state index contributed by atoms with van der Waals surface area (Å²) in [5.74, 6) is 0. The van der Waals surface area contributed by atoms with Gasteiger partial charge in [-0.25, -0.2) is 29.4 Å². The molecule has 0 heterocycles. The number of hydrogen-bond donors (Lipinski definition) is 0. The summed E-state index contributed by atoms with van der Waals surface area (Å²) in [4.78, 5) is 41.7. The number of hydrogen-bond acceptors (Lipinski definition) is 8. The molecule has 0 radical (unpaired) electrons. The molecule has 8 nitrogen and oxygen atoms in total. The van der Waals surface area contributed by atoms with E-state index in [1.807, 2.05) is 6.55 Å². The van der Waals surface area contributed by atoms with Crippen LogP contribution in [0.5, 0.6) is 0 Å². The lowest BCUT2D eigenvalue weighted by Gasteiger charge is -2.40. The highest BCUT2D eigenvalue weighted by atomic mass is 28.5. The molecule has 0 saturated heterocycles. The maximum Gasteiger partial charge on any atom is 0.316 e. The van der Waals surface area contributed by atoms with Crippen LogP contribution >= 0.6 is 0 Å². The fraction of sp³-hybridized carbons (Fsp3) is 0.786. The average molecular weight is 402 g/mol. The molecule has 0 unspecified atom stereocenters. The highest BCUT2D eigenvalue weighted by Gasteiger charge is 2.42. The molecule has 0 bridgehead atoms. The van der Waals surface area contributed by atoms with Crippen LogP contribution in [0.4, 0.5) is 0 Å². The largest absolute Gasteiger partial charge is 0.436 e. The van der Waals surface area contributed by atoms with Gasteiger partial charge in [-0.2, -0.15) is 0 Å². The summed E-state index contributed by atoms with van der Waals surface area (Å²) < 4.78 is 12.9. The number of aliphatic imine (C=N–C) groups is 3. The van der Waals surface area contributed by atoms with Crippen LogP contribution in [0.25, 0.3) is 0 Å². The number of nitrogens with zero attached hydrogens (tertiary/aromatic N) is 3. The van der Waals surface area contributed by atoms with Crippen LogP contribution in [-0.4, -0.2) is 63.1 Å². The monoisotopic (exact) mass is 401 g/mol. The van der Waals surface area contributed by atoms with E-state index in [-0.39, 0.29) is 0 Å². The smallest absolute Gasteiger partial charge is 0.316 e. The van der Waals surface area contributed by atoms with E-state index in [9.17, 15) is 14.4 Å². The molecule has 0 aromatic carbocycles. The lowest BCUT2D eigenvalue weighted by Crippen LogP contribution is -2.54. The second-order valence-corrected chi connectivity index (χ2v) is 19.5. The van der Waals surface area contributed by atoms with E-state index < -0.39 is 25.2 Å². The molecule has 140 valence electrons. The molecule has 0 fully saturated rings. The molecule has 0 amide bonds. The third-order valence-electron chi connectivity index (χ3n) is 3.51. The molecule has 0 aliphatic carbocycles. The molecular weight excluding hydrogens is 374 g/mol. The quantitative estimate of drug-likeness (QED) is 0.268. The van der Waals surface area contributed by atoms with Gasteiger partial charge in [-0.05, 0) is 44.8 Å². The minimum Gasteiger partial charge on any atom is -0.436 e. The Morgan fingerprint density at radius 2 is 0.960 bits per heavy atom. The van der Waals surface area contributed by atoms with Gasteiger partial charge in [0.05, 0.1) is 19.6 Å². The SMILES string of the molecule is C[Si](C)(CCN=C=O)O[Si](C)(CCN=C=O)O[Si](C)(C)CCN=C=O. The summed E-state index contributed by atoms with van der Waals surface area (Å²) >= 11 is 0. The Hall–Kier alpha value is -1.29. The first-order chi connectivity index (χ1) is 11.6. The van der Waals surface area contributed by atoms with E-state index in [2.05, 4.69) is 41.2 Å². The lowest BCUT2D eigenvalue weighted by molar-refractivity contribution is 0.378. The van der Waals surface area contributed by atoms with Crippen LogP contribution in [0.2, 0.25) is 50.9 Å². The zero-order chi connectivity index (χ0) is 19.4. The van der Waals surface area contributed by atoms with Crippen LogP contribution in [0.3, 0.4) is 0 Å². The van der Waals surface area contributed by atoms with Gasteiger partial charge in [0.25, 0.3) is 0 Å². The Kier molecular flexibility index (Phi) is 10.8. The summed E-state index contributed by atoms with van der Waals surface area (Å²) in [5, 5.41) is 0. The molecule has 0 spiro atoms. The van der Waals surface area contributed by atoms with E-state index >= 15 is 0 Å². The van der Waals surface area contributed by atoms with Crippen LogP contribution in [-0.2, 0) is 22.6 Å². The standard InChI is InChI=1S/C14H27N3O5Si3/c1-23(2,9-6-15-12-18)21-25(5,11-8-17-14-20)22-24(3,4)10-7-16-13-19/h6-11H2,1-5H3. The first kappa shape index (κ1) is 23.7. The van der Waals surface area contributed by atoms with Crippen molar-refractivity contribution in [2.75, 3.05) is 19.6 Å². The van der Waals surface area contributed by atoms with Gasteiger partial charge >= 0.3 is 8.56 Å². The molecule has 0 aliphatic heterocycles. The average Bonchev–Trinajstić information content (AvgIpc) is 2.46.